The molecule has 2 aromatic heterocycles. The van der Waals surface area contributed by atoms with E-state index in [0.29, 0.717) is 31.3 Å². The first-order valence-corrected chi connectivity index (χ1v) is 8.44. The first kappa shape index (κ1) is 17.3. The summed E-state index contributed by atoms with van der Waals surface area (Å²) in [5.41, 5.74) is 0. The molecule has 0 aliphatic carbocycles. The number of morpholine rings is 1. The highest BCUT2D eigenvalue weighted by molar-refractivity contribution is 5.81. The summed E-state index contributed by atoms with van der Waals surface area (Å²) in [5, 5.41) is 7.12. The number of aromatic nitrogens is 4. The molecule has 0 unspecified atom stereocenters. The van der Waals surface area contributed by atoms with Gasteiger partial charge in [-0.15, -0.1) is 0 Å². The summed E-state index contributed by atoms with van der Waals surface area (Å²) < 4.78 is 11.4. The molecule has 1 aliphatic heterocycles. The fraction of sp³-hybridized carbons (Fsp3) is 0.529. The maximum absolute atomic E-state index is 12.7. The van der Waals surface area contributed by atoms with E-state index in [2.05, 4.69) is 20.2 Å². The van der Waals surface area contributed by atoms with E-state index in [-0.39, 0.29) is 17.9 Å². The molecule has 1 saturated heterocycles. The molecule has 1 amide bonds. The van der Waals surface area contributed by atoms with E-state index in [1.807, 2.05) is 13.8 Å². The number of nitrogens with zero attached hydrogens (tertiary/aromatic N) is 4. The van der Waals surface area contributed by atoms with Crippen molar-refractivity contribution in [2.24, 2.45) is 0 Å². The van der Waals surface area contributed by atoms with Crippen LogP contribution < -0.4 is 4.74 Å². The lowest BCUT2D eigenvalue weighted by Gasteiger charge is -2.33. The molecule has 0 aromatic carbocycles. The molecule has 0 bridgehead atoms. The number of nitrogens with one attached hydrogen (secondary N) is 1. The van der Waals surface area contributed by atoms with Crippen molar-refractivity contribution in [3.8, 4) is 5.75 Å². The maximum atomic E-state index is 12.7. The number of hydrogen-bond donors (Lipinski definition) is 1. The summed E-state index contributed by atoms with van der Waals surface area (Å²) in [7, 11) is 0. The second-order valence-electron chi connectivity index (χ2n) is 6.33. The Balaban J connectivity index is 1.62. The zero-order valence-electron chi connectivity index (χ0n) is 14.7. The Labute approximate surface area is 146 Å². The quantitative estimate of drug-likeness (QED) is 0.886. The first-order valence-electron chi connectivity index (χ1n) is 8.44. The molecule has 0 spiro atoms. The van der Waals surface area contributed by atoms with E-state index < -0.39 is 6.10 Å². The van der Waals surface area contributed by atoms with Gasteiger partial charge in [0, 0.05) is 18.7 Å². The van der Waals surface area contributed by atoms with Crippen molar-refractivity contribution in [1.82, 2.24) is 25.1 Å². The van der Waals surface area contributed by atoms with Crippen LogP contribution in [0.15, 0.2) is 24.5 Å². The van der Waals surface area contributed by atoms with Crippen LogP contribution in [-0.4, -0.2) is 56.8 Å². The number of amides is 1. The van der Waals surface area contributed by atoms with Gasteiger partial charge in [0.2, 0.25) is 0 Å². The predicted molar refractivity (Wildman–Crippen MR) is 90.1 cm³/mol. The Morgan fingerprint density at radius 2 is 2.28 bits per heavy atom. The van der Waals surface area contributed by atoms with Crippen molar-refractivity contribution in [2.75, 3.05) is 19.7 Å². The van der Waals surface area contributed by atoms with Gasteiger partial charge in [-0.1, -0.05) is 13.8 Å². The predicted octanol–water partition coefficient (Wildman–Crippen LogP) is 1.69. The third-order valence-corrected chi connectivity index (χ3v) is 4.01. The van der Waals surface area contributed by atoms with Gasteiger partial charge >= 0.3 is 0 Å². The Kier molecular flexibility index (Phi) is 5.28. The van der Waals surface area contributed by atoms with E-state index in [0.717, 1.165) is 5.82 Å². The van der Waals surface area contributed by atoms with Gasteiger partial charge < -0.3 is 14.4 Å². The normalized spacial score (nSPS) is 19.0. The number of carbonyl (C=O) groups is 1. The minimum atomic E-state index is -0.594. The van der Waals surface area contributed by atoms with E-state index in [1.165, 1.54) is 0 Å². The lowest BCUT2D eigenvalue weighted by atomic mass is 10.2. The highest BCUT2D eigenvalue weighted by Gasteiger charge is 2.31. The van der Waals surface area contributed by atoms with Gasteiger partial charge in [-0.05, 0) is 19.1 Å². The van der Waals surface area contributed by atoms with Crippen LogP contribution in [0, 0.1) is 0 Å². The van der Waals surface area contributed by atoms with Crippen molar-refractivity contribution < 1.29 is 14.3 Å². The Hall–Kier alpha value is -2.48. The van der Waals surface area contributed by atoms with E-state index in [1.54, 1.807) is 36.4 Å². The van der Waals surface area contributed by atoms with Crippen LogP contribution in [0.1, 0.15) is 44.4 Å². The number of hydrogen-bond acceptors (Lipinski definition) is 6. The molecule has 1 aliphatic rings. The number of H-pyrrole nitrogens is 1. The summed E-state index contributed by atoms with van der Waals surface area (Å²) in [4.78, 5) is 22.9. The third kappa shape index (κ3) is 4.14. The van der Waals surface area contributed by atoms with Crippen molar-refractivity contribution in [1.29, 1.82) is 0 Å². The summed E-state index contributed by atoms with van der Waals surface area (Å²) in [6, 6.07) is 3.55. The Morgan fingerprint density at radius 3 is 2.96 bits per heavy atom. The second kappa shape index (κ2) is 7.60. The molecule has 3 heterocycles. The molecule has 8 heteroatoms. The molecule has 134 valence electrons. The van der Waals surface area contributed by atoms with Crippen LogP contribution in [0.25, 0.3) is 0 Å². The van der Waals surface area contributed by atoms with Gasteiger partial charge in [-0.25, -0.2) is 4.98 Å². The largest absolute Gasteiger partial charge is 0.479 e. The number of pyridine rings is 1. The van der Waals surface area contributed by atoms with E-state index in [4.69, 9.17) is 9.47 Å². The number of carbonyl (C=O) groups excluding carboxylic acids is 1. The lowest BCUT2D eigenvalue weighted by molar-refractivity contribution is -0.146. The SMILES string of the molecule is CC(C)c1n[nH]c([C@H]2CN(C(=O)[C@H](C)Oc3cccnc3)CCO2)n1. The van der Waals surface area contributed by atoms with Crippen LogP contribution in [0.2, 0.25) is 0 Å². The van der Waals surface area contributed by atoms with Crippen molar-refractivity contribution in [3.63, 3.8) is 0 Å². The van der Waals surface area contributed by atoms with Crippen LogP contribution in [0.4, 0.5) is 0 Å². The van der Waals surface area contributed by atoms with E-state index in [9.17, 15) is 4.79 Å². The minimum Gasteiger partial charge on any atom is -0.479 e. The molecular weight excluding hydrogens is 322 g/mol. The van der Waals surface area contributed by atoms with Gasteiger partial charge in [0.05, 0.1) is 19.3 Å². The van der Waals surface area contributed by atoms with E-state index >= 15 is 0 Å². The van der Waals surface area contributed by atoms with Crippen LogP contribution >= 0.6 is 0 Å². The molecule has 1 fully saturated rings. The summed E-state index contributed by atoms with van der Waals surface area (Å²) in [6.45, 7) is 7.20. The molecule has 2 atom stereocenters. The molecule has 0 radical (unpaired) electrons. The monoisotopic (exact) mass is 345 g/mol. The topological polar surface area (TPSA) is 93.2 Å². The second-order valence-corrected chi connectivity index (χ2v) is 6.33. The van der Waals surface area contributed by atoms with Crippen molar-refractivity contribution in [2.45, 2.75) is 38.9 Å². The summed E-state index contributed by atoms with van der Waals surface area (Å²) >= 11 is 0. The zero-order valence-corrected chi connectivity index (χ0v) is 14.7. The molecule has 0 saturated carbocycles. The fourth-order valence-corrected chi connectivity index (χ4v) is 2.63. The number of ether oxygens (including phenoxy) is 2. The third-order valence-electron chi connectivity index (χ3n) is 4.01. The highest BCUT2D eigenvalue weighted by Crippen LogP contribution is 2.21. The number of rotatable bonds is 5. The number of aromatic amines is 1. The van der Waals surface area contributed by atoms with Crippen molar-refractivity contribution in [3.05, 3.63) is 36.2 Å². The van der Waals surface area contributed by atoms with Gasteiger partial charge in [-0.3, -0.25) is 14.9 Å². The van der Waals surface area contributed by atoms with Gasteiger partial charge in [0.1, 0.15) is 11.9 Å². The standard InChI is InChI=1S/C17H23N5O3/c1-11(2)15-19-16(21-20-15)14-10-22(7-8-24-14)17(23)12(3)25-13-5-4-6-18-9-13/h4-6,9,11-12,14H,7-8,10H2,1-3H3,(H,19,20,21)/t12-,14+/m0/s1. The van der Waals surface area contributed by atoms with Crippen LogP contribution in [-0.2, 0) is 9.53 Å². The minimum absolute atomic E-state index is 0.0826. The van der Waals surface area contributed by atoms with Crippen LogP contribution in [0.5, 0.6) is 5.75 Å². The molecule has 8 nitrogen and oxygen atoms in total. The Morgan fingerprint density at radius 1 is 1.44 bits per heavy atom. The maximum Gasteiger partial charge on any atom is 0.263 e. The molecule has 25 heavy (non-hydrogen) atoms. The first-order chi connectivity index (χ1) is 12.0. The highest BCUT2D eigenvalue weighted by atomic mass is 16.5. The summed E-state index contributed by atoms with van der Waals surface area (Å²) in [5.74, 6) is 2.13. The zero-order chi connectivity index (χ0) is 17.8. The average molecular weight is 345 g/mol. The lowest BCUT2D eigenvalue weighted by Crippen LogP contribution is -2.47. The summed E-state index contributed by atoms with van der Waals surface area (Å²) in [6.07, 6.45) is 2.36. The fourth-order valence-electron chi connectivity index (χ4n) is 2.63. The van der Waals surface area contributed by atoms with Gasteiger partial charge in [-0.2, -0.15) is 5.10 Å². The average Bonchev–Trinajstić information content (AvgIpc) is 3.12. The van der Waals surface area contributed by atoms with Gasteiger partial charge in [0.25, 0.3) is 5.91 Å². The molecule has 1 N–H and O–H groups in total. The van der Waals surface area contributed by atoms with Crippen molar-refractivity contribution >= 4 is 5.91 Å². The smallest absolute Gasteiger partial charge is 0.263 e. The Bertz CT molecular complexity index is 703. The molecular formula is C17H23N5O3. The van der Waals surface area contributed by atoms with Gasteiger partial charge in [0.15, 0.2) is 17.8 Å². The van der Waals surface area contributed by atoms with Crippen LogP contribution in [0.3, 0.4) is 0 Å². The molecule has 3 rings (SSSR count). The molecule has 2 aromatic rings.